The van der Waals surface area contributed by atoms with Crippen LogP contribution in [0.25, 0.3) is 16.6 Å². The van der Waals surface area contributed by atoms with E-state index in [4.69, 9.17) is 19.0 Å². The number of benzene rings is 2. The molecule has 2 aromatic carbocycles. The molecule has 1 N–H and O–H groups in total. The monoisotopic (exact) mass is 573 g/mol. The minimum atomic E-state index is -0.646. The van der Waals surface area contributed by atoms with Crippen molar-refractivity contribution in [3.8, 4) is 5.75 Å². The second kappa shape index (κ2) is 12.0. The van der Waals surface area contributed by atoms with Crippen molar-refractivity contribution in [1.82, 2.24) is 15.4 Å². The molecule has 0 saturated carbocycles. The van der Waals surface area contributed by atoms with E-state index in [2.05, 4.69) is 22.6 Å². The molecule has 0 aliphatic carbocycles. The van der Waals surface area contributed by atoms with E-state index < -0.39 is 23.2 Å². The molecule has 5 rings (SSSR count). The third kappa shape index (κ3) is 6.68. The van der Waals surface area contributed by atoms with Crippen molar-refractivity contribution in [3.63, 3.8) is 0 Å². The molecule has 9 heteroatoms. The normalized spacial score (nSPS) is 20.3. The van der Waals surface area contributed by atoms with Gasteiger partial charge in [-0.1, -0.05) is 18.2 Å². The van der Waals surface area contributed by atoms with E-state index in [1.54, 1.807) is 11.8 Å². The Balaban J connectivity index is 1.29. The lowest BCUT2D eigenvalue weighted by Gasteiger charge is -2.32. The molecule has 222 valence electrons. The number of ether oxygens (including phenoxy) is 3. The number of esters is 1. The van der Waals surface area contributed by atoms with Crippen molar-refractivity contribution in [1.29, 1.82) is 0 Å². The lowest BCUT2D eigenvalue weighted by Crippen LogP contribution is -2.43. The van der Waals surface area contributed by atoms with Gasteiger partial charge in [-0.15, -0.1) is 0 Å². The number of hydrogen-bond acceptors (Lipinski definition) is 8. The number of amides is 1. The van der Waals surface area contributed by atoms with Gasteiger partial charge in [0.15, 0.2) is 0 Å². The van der Waals surface area contributed by atoms with E-state index in [-0.39, 0.29) is 12.4 Å². The van der Waals surface area contributed by atoms with E-state index >= 15 is 0 Å². The molecule has 0 bridgehead atoms. The fraction of sp³-hybridized carbons (Fsp3) is 0.424. The SMILES string of the molecule is CCOC(=O)CC1(C2C=C(c3ccc(OCc4cc(C)nc5ccccc45)cc3)NO2)CCN(C(=O)OC(C)(C)C)C1. The number of fused-ring (bicyclic) bond motifs is 1. The molecule has 0 radical (unpaired) electrons. The van der Waals surface area contributed by atoms with Crippen molar-refractivity contribution in [2.45, 2.75) is 65.8 Å². The summed E-state index contributed by atoms with van der Waals surface area (Å²) in [6, 6.07) is 17.9. The largest absolute Gasteiger partial charge is 0.489 e. The van der Waals surface area contributed by atoms with Crippen LogP contribution in [-0.2, 0) is 25.7 Å². The average Bonchev–Trinajstić information content (AvgIpc) is 3.60. The van der Waals surface area contributed by atoms with Gasteiger partial charge in [-0.3, -0.25) is 20.1 Å². The van der Waals surface area contributed by atoms with E-state index in [0.717, 1.165) is 39.2 Å². The van der Waals surface area contributed by atoms with Gasteiger partial charge < -0.3 is 19.1 Å². The minimum Gasteiger partial charge on any atom is -0.489 e. The minimum absolute atomic E-state index is 0.131. The summed E-state index contributed by atoms with van der Waals surface area (Å²) in [5.74, 6) is 0.434. The van der Waals surface area contributed by atoms with E-state index in [1.165, 1.54) is 0 Å². The highest BCUT2D eigenvalue weighted by Gasteiger charge is 2.50. The Hall–Kier alpha value is -4.11. The fourth-order valence-corrected chi connectivity index (χ4v) is 5.56. The zero-order valence-corrected chi connectivity index (χ0v) is 24.9. The van der Waals surface area contributed by atoms with Gasteiger partial charge in [0.05, 0.1) is 24.2 Å². The first-order valence-corrected chi connectivity index (χ1v) is 14.4. The Morgan fingerprint density at radius 3 is 2.64 bits per heavy atom. The number of aryl methyl sites for hydroxylation is 1. The first-order valence-electron chi connectivity index (χ1n) is 14.4. The molecule has 9 nitrogen and oxygen atoms in total. The molecule has 42 heavy (non-hydrogen) atoms. The van der Waals surface area contributed by atoms with Crippen LogP contribution in [0.15, 0.2) is 60.7 Å². The van der Waals surface area contributed by atoms with Gasteiger partial charge in [0, 0.05) is 35.1 Å². The molecule has 0 spiro atoms. The Bertz CT molecular complexity index is 1480. The Labute approximate surface area is 246 Å². The highest BCUT2D eigenvalue weighted by molar-refractivity contribution is 5.82. The highest BCUT2D eigenvalue weighted by Crippen LogP contribution is 2.43. The van der Waals surface area contributed by atoms with Gasteiger partial charge in [-0.25, -0.2) is 4.79 Å². The first kappa shape index (κ1) is 29.4. The quantitative estimate of drug-likeness (QED) is 0.330. The van der Waals surface area contributed by atoms with Gasteiger partial charge in [-0.2, -0.15) is 0 Å². The average molecular weight is 574 g/mol. The summed E-state index contributed by atoms with van der Waals surface area (Å²) in [4.78, 5) is 37.8. The summed E-state index contributed by atoms with van der Waals surface area (Å²) in [6.07, 6.45) is 1.86. The summed E-state index contributed by atoms with van der Waals surface area (Å²) < 4.78 is 17.0. The van der Waals surface area contributed by atoms with Gasteiger partial charge in [-0.05, 0) is 89.1 Å². The maximum absolute atomic E-state index is 12.8. The molecule has 2 aliphatic rings. The third-order valence-electron chi connectivity index (χ3n) is 7.55. The molecule has 3 aromatic rings. The molecule has 1 fully saturated rings. The topological polar surface area (TPSA) is 99.2 Å². The number of para-hydroxylation sites is 1. The number of aromatic nitrogens is 1. The first-order chi connectivity index (χ1) is 20.0. The second-order valence-corrected chi connectivity index (χ2v) is 12.0. The van der Waals surface area contributed by atoms with E-state index in [1.807, 2.05) is 76.2 Å². The number of nitrogens with zero attached hydrogens (tertiary/aromatic N) is 2. The zero-order valence-electron chi connectivity index (χ0n) is 24.9. The van der Waals surface area contributed by atoms with Crippen LogP contribution in [0.3, 0.4) is 0 Å². The number of likely N-dealkylation sites (tertiary alicyclic amines) is 1. The van der Waals surface area contributed by atoms with Crippen LogP contribution in [0, 0.1) is 12.3 Å². The number of rotatable bonds is 8. The molecule has 2 unspecified atom stereocenters. The molecule has 2 aliphatic heterocycles. The lowest BCUT2D eigenvalue weighted by atomic mass is 9.77. The number of carbonyl (C=O) groups excluding carboxylic acids is 2. The molecule has 2 atom stereocenters. The summed E-state index contributed by atoms with van der Waals surface area (Å²) in [5, 5.41) is 1.08. The third-order valence-corrected chi connectivity index (χ3v) is 7.55. The van der Waals surface area contributed by atoms with Crippen LogP contribution in [0.5, 0.6) is 5.75 Å². The molecule has 1 saturated heterocycles. The van der Waals surface area contributed by atoms with Crippen molar-refractivity contribution in [2.24, 2.45) is 5.41 Å². The van der Waals surface area contributed by atoms with Crippen LogP contribution >= 0.6 is 0 Å². The van der Waals surface area contributed by atoms with Crippen LogP contribution in [0.1, 0.15) is 57.4 Å². The molecular formula is C33H39N3O6. The number of pyridine rings is 1. The summed E-state index contributed by atoms with van der Waals surface area (Å²) in [7, 11) is 0. The van der Waals surface area contributed by atoms with Gasteiger partial charge >= 0.3 is 12.1 Å². The standard InChI is InChI=1S/C33H39N3O6/c1-6-39-30(37)19-33(15-16-36(21-33)31(38)41-32(3,4)5)29-18-28(35-42-29)23-11-13-25(14-12-23)40-20-24-17-22(2)34-27-10-8-7-9-26(24)27/h7-14,17-18,29,35H,6,15-16,19-21H2,1-5H3. The summed E-state index contributed by atoms with van der Waals surface area (Å²) >= 11 is 0. The highest BCUT2D eigenvalue weighted by atomic mass is 16.7. The maximum atomic E-state index is 12.8. The van der Waals surface area contributed by atoms with Crippen LogP contribution in [0.2, 0.25) is 0 Å². The van der Waals surface area contributed by atoms with Crippen molar-refractivity contribution >= 4 is 28.7 Å². The number of hydroxylamine groups is 1. The predicted molar refractivity (Wildman–Crippen MR) is 159 cm³/mol. The second-order valence-electron chi connectivity index (χ2n) is 12.0. The number of hydrogen-bond donors (Lipinski definition) is 1. The molecule has 3 heterocycles. The Morgan fingerprint density at radius 1 is 1.14 bits per heavy atom. The molecular weight excluding hydrogens is 534 g/mol. The van der Waals surface area contributed by atoms with Gasteiger partial charge in [0.25, 0.3) is 0 Å². The Morgan fingerprint density at radius 2 is 1.90 bits per heavy atom. The number of nitrogens with one attached hydrogen (secondary N) is 1. The van der Waals surface area contributed by atoms with Crippen molar-refractivity contribution in [2.75, 3.05) is 19.7 Å². The van der Waals surface area contributed by atoms with Crippen molar-refractivity contribution in [3.05, 3.63) is 77.5 Å². The maximum Gasteiger partial charge on any atom is 0.410 e. The molecule has 1 amide bonds. The zero-order chi connectivity index (χ0) is 29.9. The van der Waals surface area contributed by atoms with Gasteiger partial charge in [0.2, 0.25) is 0 Å². The smallest absolute Gasteiger partial charge is 0.410 e. The summed E-state index contributed by atoms with van der Waals surface area (Å²) in [5.41, 5.74) is 6.49. The predicted octanol–water partition coefficient (Wildman–Crippen LogP) is 5.95. The lowest BCUT2D eigenvalue weighted by molar-refractivity contribution is -0.148. The van der Waals surface area contributed by atoms with Crippen LogP contribution < -0.4 is 10.2 Å². The number of carbonyl (C=O) groups is 2. The Kier molecular flexibility index (Phi) is 8.41. The summed E-state index contributed by atoms with van der Waals surface area (Å²) in [6.45, 7) is 10.8. The van der Waals surface area contributed by atoms with E-state index in [9.17, 15) is 9.59 Å². The molecule has 1 aromatic heterocycles. The van der Waals surface area contributed by atoms with Crippen LogP contribution in [-0.4, -0.2) is 53.3 Å². The van der Waals surface area contributed by atoms with E-state index in [0.29, 0.717) is 32.7 Å². The van der Waals surface area contributed by atoms with Crippen molar-refractivity contribution < 1.29 is 28.6 Å². The van der Waals surface area contributed by atoms with Gasteiger partial charge in [0.1, 0.15) is 24.1 Å². The van der Waals surface area contributed by atoms with Crippen LogP contribution in [0.4, 0.5) is 4.79 Å². The fourth-order valence-electron chi connectivity index (χ4n) is 5.56.